The number of pyridine rings is 1. The number of hydrogen-bond acceptors (Lipinski definition) is 7. The van der Waals surface area contributed by atoms with Crippen LogP contribution in [0.15, 0.2) is 57.7 Å². The molecule has 0 aliphatic carbocycles. The normalized spacial score (nSPS) is 12.2. The van der Waals surface area contributed by atoms with Gasteiger partial charge < -0.3 is 14.3 Å². The van der Waals surface area contributed by atoms with E-state index in [1.807, 2.05) is 6.92 Å². The second-order valence-electron chi connectivity index (χ2n) is 7.60. The molecule has 33 heavy (non-hydrogen) atoms. The Morgan fingerprint density at radius 3 is 2.70 bits per heavy atom. The fourth-order valence-corrected chi connectivity index (χ4v) is 3.64. The predicted molar refractivity (Wildman–Crippen MR) is 117 cm³/mol. The van der Waals surface area contributed by atoms with Crippen LogP contribution in [-0.2, 0) is 7.05 Å². The van der Waals surface area contributed by atoms with Crippen molar-refractivity contribution in [2.45, 2.75) is 19.9 Å². The number of hydrogen-bond donors (Lipinski definition) is 1. The smallest absolute Gasteiger partial charge is 0.252 e. The van der Waals surface area contributed by atoms with Gasteiger partial charge in [0.15, 0.2) is 11.4 Å². The maximum atomic E-state index is 13.3. The molecule has 5 aromatic rings. The molecule has 5 rings (SSSR count). The average molecular weight is 446 g/mol. The monoisotopic (exact) mass is 446 g/mol. The fraction of sp³-hybridized carbons (Fsp3) is 0.174. The summed E-state index contributed by atoms with van der Waals surface area (Å²) in [6.07, 6.45) is 1.55. The topological polar surface area (TPSA) is 112 Å². The summed E-state index contributed by atoms with van der Waals surface area (Å²) < 4.78 is 25.6. The van der Waals surface area contributed by atoms with E-state index in [0.29, 0.717) is 45.1 Å². The number of rotatable bonds is 5. The summed E-state index contributed by atoms with van der Waals surface area (Å²) in [5.41, 5.74) is 2.78. The lowest BCUT2D eigenvalue weighted by molar-refractivity contribution is 0.0934. The molecule has 0 radical (unpaired) electrons. The molecule has 166 valence electrons. The van der Waals surface area contributed by atoms with Gasteiger partial charge in [-0.15, -0.1) is 0 Å². The van der Waals surface area contributed by atoms with E-state index < -0.39 is 6.04 Å². The van der Waals surface area contributed by atoms with Gasteiger partial charge in [0.05, 0.1) is 22.9 Å². The number of halogens is 1. The summed E-state index contributed by atoms with van der Waals surface area (Å²) in [4.78, 5) is 22.3. The number of nitrogens with one attached hydrogen (secondary N) is 1. The van der Waals surface area contributed by atoms with Crippen molar-refractivity contribution in [2.24, 2.45) is 7.05 Å². The second-order valence-corrected chi connectivity index (χ2v) is 7.60. The second kappa shape index (κ2) is 7.97. The van der Waals surface area contributed by atoms with E-state index in [0.717, 1.165) is 0 Å². The largest absolute Gasteiger partial charge is 0.463 e. The number of fused-ring (bicyclic) bond motifs is 1. The first-order valence-corrected chi connectivity index (χ1v) is 10.2. The summed E-state index contributed by atoms with van der Waals surface area (Å²) in [5.74, 6) is 0.369. The fourth-order valence-electron chi connectivity index (χ4n) is 3.64. The maximum Gasteiger partial charge on any atom is 0.252 e. The first-order valence-electron chi connectivity index (χ1n) is 10.2. The average Bonchev–Trinajstić information content (AvgIpc) is 3.55. The van der Waals surface area contributed by atoms with Crippen molar-refractivity contribution in [1.29, 1.82) is 0 Å². The van der Waals surface area contributed by atoms with E-state index in [4.69, 9.17) is 8.94 Å². The maximum absolute atomic E-state index is 13.3. The molecular formula is C23H19FN6O3. The van der Waals surface area contributed by atoms with E-state index in [1.54, 1.807) is 55.2 Å². The highest BCUT2D eigenvalue weighted by molar-refractivity contribution is 6.07. The number of benzene rings is 1. The van der Waals surface area contributed by atoms with Crippen LogP contribution in [0.3, 0.4) is 0 Å². The van der Waals surface area contributed by atoms with Gasteiger partial charge in [0.1, 0.15) is 17.6 Å². The molecule has 0 saturated carbocycles. The molecule has 1 aromatic carbocycles. The zero-order valence-electron chi connectivity index (χ0n) is 18.0. The van der Waals surface area contributed by atoms with Crippen LogP contribution in [0.5, 0.6) is 0 Å². The number of aryl methyl sites for hydroxylation is 2. The highest BCUT2D eigenvalue weighted by Crippen LogP contribution is 2.28. The van der Waals surface area contributed by atoms with Crippen LogP contribution in [0.25, 0.3) is 33.9 Å². The standard InChI is InChI=1S/C23H19FN6O3/c1-12-19-16(11-17(18-5-4-10-32-18)26-21(19)30(3)28-12)22(31)25-13(2)23-27-20(29-33-23)14-6-8-15(24)9-7-14/h4-11,13H,1-3H3,(H,25,31). The van der Waals surface area contributed by atoms with Crippen LogP contribution < -0.4 is 5.32 Å². The van der Waals surface area contributed by atoms with Crippen LogP contribution in [0.1, 0.15) is 34.9 Å². The molecule has 10 heteroatoms. The van der Waals surface area contributed by atoms with Crippen molar-refractivity contribution in [3.8, 4) is 22.8 Å². The van der Waals surface area contributed by atoms with Crippen molar-refractivity contribution in [1.82, 2.24) is 30.2 Å². The number of furan rings is 1. The molecule has 4 heterocycles. The molecule has 0 bridgehead atoms. The van der Waals surface area contributed by atoms with Crippen molar-refractivity contribution in [2.75, 3.05) is 0 Å². The highest BCUT2D eigenvalue weighted by Gasteiger charge is 2.23. The van der Waals surface area contributed by atoms with Crippen LogP contribution in [0.2, 0.25) is 0 Å². The number of aromatic nitrogens is 5. The van der Waals surface area contributed by atoms with Gasteiger partial charge in [-0.05, 0) is 56.3 Å². The quantitative estimate of drug-likeness (QED) is 0.430. The van der Waals surface area contributed by atoms with Gasteiger partial charge >= 0.3 is 0 Å². The minimum Gasteiger partial charge on any atom is -0.463 e. The minimum atomic E-state index is -0.577. The third-order valence-electron chi connectivity index (χ3n) is 5.25. The molecule has 1 unspecified atom stereocenters. The van der Waals surface area contributed by atoms with Gasteiger partial charge in [-0.2, -0.15) is 10.1 Å². The van der Waals surface area contributed by atoms with E-state index in [-0.39, 0.29) is 17.6 Å². The van der Waals surface area contributed by atoms with Crippen LogP contribution >= 0.6 is 0 Å². The molecule has 0 aliphatic rings. The lowest BCUT2D eigenvalue weighted by Crippen LogP contribution is -2.27. The van der Waals surface area contributed by atoms with Gasteiger partial charge in [-0.25, -0.2) is 9.37 Å². The molecule has 1 amide bonds. The molecule has 0 spiro atoms. The molecule has 0 aliphatic heterocycles. The Labute approximate surface area is 187 Å². The van der Waals surface area contributed by atoms with E-state index in [9.17, 15) is 9.18 Å². The summed E-state index contributed by atoms with van der Waals surface area (Å²) in [5, 5.41) is 11.9. The lowest BCUT2D eigenvalue weighted by atomic mass is 10.1. The predicted octanol–water partition coefficient (Wildman–Crippen LogP) is 4.22. The first kappa shape index (κ1) is 20.6. The Balaban J connectivity index is 1.46. The van der Waals surface area contributed by atoms with Gasteiger partial charge in [0.25, 0.3) is 5.91 Å². The number of carbonyl (C=O) groups excluding carboxylic acids is 1. The first-order chi connectivity index (χ1) is 15.9. The van der Waals surface area contributed by atoms with Crippen LogP contribution in [0, 0.1) is 12.7 Å². The Morgan fingerprint density at radius 2 is 1.97 bits per heavy atom. The molecule has 0 fully saturated rings. The van der Waals surface area contributed by atoms with Gasteiger partial charge in [-0.3, -0.25) is 9.48 Å². The summed E-state index contributed by atoms with van der Waals surface area (Å²) in [6, 6.07) is 10.4. The number of carbonyl (C=O) groups is 1. The van der Waals surface area contributed by atoms with Crippen molar-refractivity contribution in [3.05, 3.63) is 71.7 Å². The third-order valence-corrected chi connectivity index (χ3v) is 5.25. The minimum absolute atomic E-state index is 0.224. The zero-order chi connectivity index (χ0) is 23.1. The van der Waals surface area contributed by atoms with Gasteiger partial charge in [0, 0.05) is 12.6 Å². The van der Waals surface area contributed by atoms with Gasteiger partial charge in [-0.1, -0.05) is 5.16 Å². The zero-order valence-corrected chi connectivity index (χ0v) is 18.0. The summed E-state index contributed by atoms with van der Waals surface area (Å²) in [7, 11) is 1.77. The van der Waals surface area contributed by atoms with Crippen molar-refractivity contribution >= 4 is 16.9 Å². The Kier molecular flexibility index (Phi) is 4.97. The molecule has 4 aromatic heterocycles. The number of nitrogens with zero attached hydrogens (tertiary/aromatic N) is 5. The molecule has 1 atom stereocenters. The van der Waals surface area contributed by atoms with E-state index >= 15 is 0 Å². The van der Waals surface area contributed by atoms with Crippen LogP contribution in [-0.4, -0.2) is 30.8 Å². The van der Waals surface area contributed by atoms with Crippen molar-refractivity contribution in [3.63, 3.8) is 0 Å². The molecule has 0 saturated heterocycles. The van der Waals surface area contributed by atoms with Crippen LogP contribution in [0.4, 0.5) is 4.39 Å². The van der Waals surface area contributed by atoms with Crippen molar-refractivity contribution < 1.29 is 18.1 Å². The SMILES string of the molecule is Cc1nn(C)c2nc(-c3ccco3)cc(C(=O)NC(C)c3nc(-c4ccc(F)cc4)no3)c12. The molecular weight excluding hydrogens is 427 g/mol. The summed E-state index contributed by atoms with van der Waals surface area (Å²) >= 11 is 0. The molecule has 9 nitrogen and oxygen atoms in total. The Morgan fingerprint density at radius 1 is 1.18 bits per heavy atom. The van der Waals surface area contributed by atoms with Gasteiger partial charge in [0.2, 0.25) is 11.7 Å². The Bertz CT molecular complexity index is 1450. The molecule has 1 N–H and O–H groups in total. The van der Waals surface area contributed by atoms with E-state index in [2.05, 4.69) is 25.5 Å². The highest BCUT2D eigenvalue weighted by atomic mass is 19.1. The summed E-state index contributed by atoms with van der Waals surface area (Å²) in [6.45, 7) is 3.56. The van der Waals surface area contributed by atoms with E-state index in [1.165, 1.54) is 12.1 Å². The Hall–Kier alpha value is -4.34. The number of amides is 1. The lowest BCUT2D eigenvalue weighted by Gasteiger charge is -2.11. The third kappa shape index (κ3) is 3.75.